The molecule has 0 heterocycles. The molecule has 1 aliphatic rings. The summed E-state index contributed by atoms with van der Waals surface area (Å²) in [6, 6.07) is 4.78. The first-order valence-corrected chi connectivity index (χ1v) is 11.4. The summed E-state index contributed by atoms with van der Waals surface area (Å²) in [4.78, 5) is 0. The normalized spacial score (nSPS) is 16.8. The van der Waals surface area contributed by atoms with Crippen LogP contribution in [0.15, 0.2) is 12.1 Å². The van der Waals surface area contributed by atoms with E-state index in [0.29, 0.717) is 25.8 Å². The molecule has 0 spiro atoms. The second kappa shape index (κ2) is 10.2. The van der Waals surface area contributed by atoms with Gasteiger partial charge in [0.25, 0.3) is 0 Å². The summed E-state index contributed by atoms with van der Waals surface area (Å²) in [5.74, 6) is 1.80. The summed E-state index contributed by atoms with van der Waals surface area (Å²) in [6.45, 7) is 16.9. The van der Waals surface area contributed by atoms with Crippen molar-refractivity contribution in [2.24, 2.45) is 0 Å². The molecule has 1 fully saturated rings. The molecule has 4 heteroatoms. The van der Waals surface area contributed by atoms with Gasteiger partial charge >= 0.3 is 0 Å². The third-order valence-electron chi connectivity index (χ3n) is 5.57. The fourth-order valence-corrected chi connectivity index (χ4v) is 3.85. The number of hydrogen-bond acceptors (Lipinski definition) is 4. The molecule has 0 aliphatic heterocycles. The van der Waals surface area contributed by atoms with Crippen LogP contribution in [-0.4, -0.2) is 37.0 Å². The smallest absolute Gasteiger partial charge is 0.127 e. The number of benzene rings is 1. The fourth-order valence-electron chi connectivity index (χ4n) is 3.85. The zero-order valence-corrected chi connectivity index (χ0v) is 19.7. The number of ether oxygens (including phenoxy) is 2. The SMILES string of the molecule is CCCOc1cc(C(C)(C)C)c(OCC(O)CNC2CCCC2)c(C(C)(C)C)c1. The molecule has 1 saturated carbocycles. The van der Waals surface area contributed by atoms with Crippen molar-refractivity contribution < 1.29 is 14.6 Å². The van der Waals surface area contributed by atoms with E-state index in [9.17, 15) is 5.11 Å². The molecular formula is C25H43NO3. The third kappa shape index (κ3) is 7.18. The van der Waals surface area contributed by atoms with Gasteiger partial charge in [-0.3, -0.25) is 0 Å². The topological polar surface area (TPSA) is 50.7 Å². The largest absolute Gasteiger partial charge is 0.494 e. The minimum absolute atomic E-state index is 0.0893. The Morgan fingerprint density at radius 1 is 1.00 bits per heavy atom. The van der Waals surface area contributed by atoms with Crippen LogP contribution in [0.3, 0.4) is 0 Å². The lowest BCUT2D eigenvalue weighted by atomic mass is 9.79. The molecule has 4 nitrogen and oxygen atoms in total. The molecule has 1 aliphatic carbocycles. The molecule has 0 amide bonds. The van der Waals surface area contributed by atoms with Gasteiger partial charge in [0.1, 0.15) is 24.2 Å². The van der Waals surface area contributed by atoms with Gasteiger partial charge < -0.3 is 19.9 Å². The van der Waals surface area contributed by atoms with E-state index in [-0.39, 0.29) is 10.8 Å². The van der Waals surface area contributed by atoms with E-state index in [1.807, 2.05) is 0 Å². The molecule has 0 bridgehead atoms. The Hall–Kier alpha value is -1.26. The highest BCUT2D eigenvalue weighted by Crippen LogP contribution is 2.42. The predicted molar refractivity (Wildman–Crippen MR) is 121 cm³/mol. The summed E-state index contributed by atoms with van der Waals surface area (Å²) in [5, 5.41) is 14.0. The van der Waals surface area contributed by atoms with Gasteiger partial charge in [-0.1, -0.05) is 61.3 Å². The van der Waals surface area contributed by atoms with Gasteiger partial charge in [0.15, 0.2) is 0 Å². The van der Waals surface area contributed by atoms with E-state index in [0.717, 1.165) is 29.0 Å². The van der Waals surface area contributed by atoms with Crippen LogP contribution in [0.4, 0.5) is 0 Å². The molecule has 1 unspecified atom stereocenters. The first kappa shape index (κ1) is 24.0. The van der Waals surface area contributed by atoms with Crippen LogP contribution in [0.5, 0.6) is 11.5 Å². The van der Waals surface area contributed by atoms with Crippen molar-refractivity contribution in [3.63, 3.8) is 0 Å². The van der Waals surface area contributed by atoms with E-state index >= 15 is 0 Å². The number of aliphatic hydroxyl groups is 1. The quantitative estimate of drug-likeness (QED) is 0.582. The van der Waals surface area contributed by atoms with Gasteiger partial charge in [0.2, 0.25) is 0 Å². The highest BCUT2D eigenvalue weighted by molar-refractivity contribution is 5.53. The van der Waals surface area contributed by atoms with Gasteiger partial charge in [-0.25, -0.2) is 0 Å². The van der Waals surface area contributed by atoms with Crippen LogP contribution in [-0.2, 0) is 10.8 Å². The van der Waals surface area contributed by atoms with Crippen molar-refractivity contribution in [3.05, 3.63) is 23.3 Å². The Kier molecular flexibility index (Phi) is 8.42. The lowest BCUT2D eigenvalue weighted by Crippen LogP contribution is -2.37. The van der Waals surface area contributed by atoms with Crippen molar-refractivity contribution in [1.82, 2.24) is 5.32 Å². The lowest BCUT2D eigenvalue weighted by molar-refractivity contribution is 0.101. The van der Waals surface area contributed by atoms with E-state index in [2.05, 4.69) is 65.9 Å². The van der Waals surface area contributed by atoms with Crippen molar-refractivity contribution >= 4 is 0 Å². The van der Waals surface area contributed by atoms with Crippen LogP contribution in [0.1, 0.15) is 91.7 Å². The maximum absolute atomic E-state index is 10.5. The molecule has 0 aromatic heterocycles. The molecule has 0 saturated heterocycles. The van der Waals surface area contributed by atoms with Crippen molar-refractivity contribution in [2.75, 3.05) is 19.8 Å². The van der Waals surface area contributed by atoms with E-state index in [1.165, 1.54) is 25.7 Å². The fraction of sp³-hybridized carbons (Fsp3) is 0.760. The first-order valence-electron chi connectivity index (χ1n) is 11.4. The molecule has 29 heavy (non-hydrogen) atoms. The zero-order valence-electron chi connectivity index (χ0n) is 19.7. The van der Waals surface area contributed by atoms with E-state index < -0.39 is 6.10 Å². The molecule has 1 aromatic carbocycles. The highest BCUT2D eigenvalue weighted by atomic mass is 16.5. The number of aliphatic hydroxyl groups excluding tert-OH is 1. The summed E-state index contributed by atoms with van der Waals surface area (Å²) in [6.07, 6.45) is 5.48. The average molecular weight is 406 g/mol. The minimum atomic E-state index is -0.521. The molecule has 0 radical (unpaired) electrons. The molecule has 1 atom stereocenters. The van der Waals surface area contributed by atoms with Crippen LogP contribution >= 0.6 is 0 Å². The van der Waals surface area contributed by atoms with Crippen molar-refractivity contribution in [2.45, 2.75) is 104 Å². The Labute approximate surface area is 178 Å². The Balaban J connectivity index is 2.22. The minimum Gasteiger partial charge on any atom is -0.494 e. The van der Waals surface area contributed by atoms with Gasteiger partial charge in [0.05, 0.1) is 6.61 Å². The predicted octanol–water partition coefficient (Wildman–Crippen LogP) is 5.34. The Morgan fingerprint density at radius 2 is 1.55 bits per heavy atom. The molecule has 2 rings (SSSR count). The number of hydrogen-bond donors (Lipinski definition) is 2. The molecule has 166 valence electrons. The van der Waals surface area contributed by atoms with Crippen LogP contribution in [0, 0.1) is 0 Å². The molecule has 1 aromatic rings. The summed E-state index contributed by atoms with van der Waals surface area (Å²) in [7, 11) is 0. The number of rotatable bonds is 9. The van der Waals surface area contributed by atoms with Gasteiger partial charge in [-0.05, 0) is 42.2 Å². The third-order valence-corrected chi connectivity index (χ3v) is 5.57. The van der Waals surface area contributed by atoms with E-state index in [1.54, 1.807) is 0 Å². The van der Waals surface area contributed by atoms with Crippen molar-refractivity contribution in [3.8, 4) is 11.5 Å². The maximum atomic E-state index is 10.5. The van der Waals surface area contributed by atoms with Gasteiger partial charge in [0, 0.05) is 23.7 Å². The summed E-state index contributed by atoms with van der Waals surface area (Å²) in [5.41, 5.74) is 2.08. The highest BCUT2D eigenvalue weighted by Gasteiger charge is 2.29. The molecule has 2 N–H and O–H groups in total. The average Bonchev–Trinajstić information content (AvgIpc) is 3.14. The van der Waals surface area contributed by atoms with Gasteiger partial charge in [-0.15, -0.1) is 0 Å². The maximum Gasteiger partial charge on any atom is 0.127 e. The molecular weight excluding hydrogens is 362 g/mol. The lowest BCUT2D eigenvalue weighted by Gasteiger charge is -2.31. The summed E-state index contributed by atoms with van der Waals surface area (Å²) < 4.78 is 12.3. The first-order chi connectivity index (χ1) is 13.5. The number of nitrogens with one attached hydrogen (secondary N) is 1. The second-order valence-corrected chi connectivity index (χ2v) is 10.6. The summed E-state index contributed by atoms with van der Waals surface area (Å²) >= 11 is 0. The van der Waals surface area contributed by atoms with Crippen molar-refractivity contribution in [1.29, 1.82) is 0 Å². The van der Waals surface area contributed by atoms with Gasteiger partial charge in [-0.2, -0.15) is 0 Å². The van der Waals surface area contributed by atoms with Crippen LogP contribution in [0.2, 0.25) is 0 Å². The monoisotopic (exact) mass is 405 g/mol. The van der Waals surface area contributed by atoms with E-state index in [4.69, 9.17) is 9.47 Å². The van der Waals surface area contributed by atoms with Crippen LogP contribution in [0.25, 0.3) is 0 Å². The Morgan fingerprint density at radius 3 is 2.03 bits per heavy atom. The second-order valence-electron chi connectivity index (χ2n) is 10.6. The zero-order chi connectivity index (χ0) is 21.7. The standard InChI is InChI=1S/C25H43NO3/c1-8-13-28-20-14-21(24(2,3)4)23(22(15-20)25(5,6)7)29-17-19(27)16-26-18-11-9-10-12-18/h14-15,18-19,26-27H,8-13,16-17H2,1-7H3. The van der Waals surface area contributed by atoms with Crippen LogP contribution < -0.4 is 14.8 Å². The Bertz CT molecular complexity index is 601.